The molecule has 22 heavy (non-hydrogen) atoms. The number of hydrogen-bond acceptors (Lipinski definition) is 3. The lowest BCUT2D eigenvalue weighted by molar-refractivity contribution is -0.121. The van der Waals surface area contributed by atoms with Gasteiger partial charge in [0, 0.05) is 0 Å². The summed E-state index contributed by atoms with van der Waals surface area (Å²) in [6.07, 6.45) is 3.08. The number of aromatic nitrogens is 2. The Morgan fingerprint density at radius 1 is 1.23 bits per heavy atom. The molecule has 2 aromatic carbocycles. The third kappa shape index (κ3) is 3.17. The Bertz CT molecular complexity index is 824. The molecule has 0 aliphatic heterocycles. The number of imidazole rings is 1. The van der Waals surface area contributed by atoms with E-state index >= 15 is 0 Å². The van der Waals surface area contributed by atoms with E-state index in [1.807, 2.05) is 24.3 Å². The molecule has 0 bridgehead atoms. The van der Waals surface area contributed by atoms with E-state index < -0.39 is 0 Å². The first-order valence-corrected chi connectivity index (χ1v) is 6.70. The van der Waals surface area contributed by atoms with Crippen molar-refractivity contribution in [1.29, 1.82) is 0 Å². The minimum Gasteiger partial charge on any atom is -0.321 e. The van der Waals surface area contributed by atoms with Crippen LogP contribution in [-0.2, 0) is 11.3 Å². The quantitative estimate of drug-likeness (QED) is 0.593. The van der Waals surface area contributed by atoms with Crippen molar-refractivity contribution in [3.05, 3.63) is 66.2 Å². The molecule has 3 rings (SSSR count). The van der Waals surface area contributed by atoms with Gasteiger partial charge in [-0.05, 0) is 29.8 Å². The van der Waals surface area contributed by atoms with Gasteiger partial charge in [0.05, 0.1) is 23.6 Å². The topological polar surface area (TPSA) is 59.3 Å². The number of hydrogen-bond donors (Lipinski definition) is 1. The number of rotatable bonds is 4. The van der Waals surface area contributed by atoms with Crippen molar-refractivity contribution in [2.75, 3.05) is 0 Å². The lowest BCUT2D eigenvalue weighted by atomic mass is 10.2. The molecule has 0 aliphatic rings. The molecule has 0 aliphatic carbocycles. The van der Waals surface area contributed by atoms with Crippen LogP contribution in [0, 0.1) is 5.82 Å². The highest BCUT2D eigenvalue weighted by Gasteiger charge is 2.05. The standard InChI is InChI=1S/C16H13FN4O/c17-13-7-5-12(6-8-13)9-19-20-16(22)10-21-11-18-14-3-1-2-4-15(14)21/h1-9,11H,10H2,(H,20,22)/b19-9+. The molecular formula is C16H13FN4O. The summed E-state index contributed by atoms with van der Waals surface area (Å²) in [6.45, 7) is 0.126. The molecule has 0 atom stereocenters. The number of fused-ring (bicyclic) bond motifs is 1. The normalized spacial score (nSPS) is 11.1. The second-order valence-electron chi connectivity index (χ2n) is 4.71. The number of benzene rings is 2. The average molecular weight is 296 g/mol. The summed E-state index contributed by atoms with van der Waals surface area (Å²) in [4.78, 5) is 16.1. The highest BCUT2D eigenvalue weighted by atomic mass is 19.1. The maximum atomic E-state index is 12.8. The molecule has 110 valence electrons. The maximum absolute atomic E-state index is 12.8. The van der Waals surface area contributed by atoms with Gasteiger partial charge in [0.15, 0.2) is 0 Å². The molecule has 0 radical (unpaired) electrons. The van der Waals surface area contributed by atoms with Crippen molar-refractivity contribution in [2.45, 2.75) is 6.54 Å². The van der Waals surface area contributed by atoms with E-state index in [9.17, 15) is 9.18 Å². The van der Waals surface area contributed by atoms with Gasteiger partial charge in [-0.2, -0.15) is 5.10 Å². The maximum Gasteiger partial charge on any atom is 0.260 e. The summed E-state index contributed by atoms with van der Waals surface area (Å²) < 4.78 is 14.5. The van der Waals surface area contributed by atoms with Crippen LogP contribution in [0.4, 0.5) is 4.39 Å². The largest absolute Gasteiger partial charge is 0.321 e. The van der Waals surface area contributed by atoms with Crippen molar-refractivity contribution < 1.29 is 9.18 Å². The van der Waals surface area contributed by atoms with Crippen LogP contribution in [0.2, 0.25) is 0 Å². The summed E-state index contributed by atoms with van der Waals surface area (Å²) in [6, 6.07) is 13.4. The number of para-hydroxylation sites is 2. The smallest absolute Gasteiger partial charge is 0.260 e. The summed E-state index contributed by atoms with van der Waals surface area (Å²) in [5.41, 5.74) is 4.87. The van der Waals surface area contributed by atoms with Crippen LogP contribution in [0.15, 0.2) is 60.0 Å². The predicted octanol–water partition coefficient (Wildman–Crippen LogP) is 2.33. The van der Waals surface area contributed by atoms with Crippen LogP contribution in [0.1, 0.15) is 5.56 Å². The summed E-state index contributed by atoms with van der Waals surface area (Å²) in [5, 5.41) is 3.85. The Morgan fingerprint density at radius 2 is 2.00 bits per heavy atom. The number of nitrogens with one attached hydrogen (secondary N) is 1. The molecule has 0 unspecified atom stereocenters. The van der Waals surface area contributed by atoms with Gasteiger partial charge < -0.3 is 4.57 Å². The molecule has 3 aromatic rings. The van der Waals surface area contributed by atoms with Crippen molar-refractivity contribution in [1.82, 2.24) is 15.0 Å². The van der Waals surface area contributed by atoms with Gasteiger partial charge in [-0.1, -0.05) is 24.3 Å². The Balaban J connectivity index is 1.62. The second kappa shape index (κ2) is 6.17. The van der Waals surface area contributed by atoms with Gasteiger partial charge >= 0.3 is 0 Å². The van der Waals surface area contributed by atoms with Gasteiger partial charge in [-0.15, -0.1) is 0 Å². The predicted molar refractivity (Wildman–Crippen MR) is 81.9 cm³/mol. The molecule has 0 saturated heterocycles. The molecule has 1 amide bonds. The van der Waals surface area contributed by atoms with E-state index in [2.05, 4.69) is 15.5 Å². The third-order valence-corrected chi connectivity index (χ3v) is 3.11. The van der Waals surface area contributed by atoms with Crippen LogP contribution in [-0.4, -0.2) is 21.7 Å². The first-order valence-electron chi connectivity index (χ1n) is 6.70. The van der Waals surface area contributed by atoms with Crippen LogP contribution in [0.25, 0.3) is 11.0 Å². The number of carbonyl (C=O) groups excluding carboxylic acids is 1. The Morgan fingerprint density at radius 3 is 2.82 bits per heavy atom. The Labute approximate surface area is 126 Å². The Kier molecular flexibility index (Phi) is 3.91. The Hall–Kier alpha value is -3.02. The van der Waals surface area contributed by atoms with E-state index in [1.54, 1.807) is 23.0 Å². The minimum atomic E-state index is -0.312. The van der Waals surface area contributed by atoms with Crippen molar-refractivity contribution in [2.24, 2.45) is 5.10 Å². The van der Waals surface area contributed by atoms with Crippen LogP contribution in [0.3, 0.4) is 0 Å². The van der Waals surface area contributed by atoms with Crippen LogP contribution >= 0.6 is 0 Å². The molecule has 0 spiro atoms. The average Bonchev–Trinajstić information content (AvgIpc) is 2.93. The fourth-order valence-corrected chi connectivity index (χ4v) is 2.05. The third-order valence-electron chi connectivity index (χ3n) is 3.11. The van der Waals surface area contributed by atoms with E-state index in [-0.39, 0.29) is 18.3 Å². The van der Waals surface area contributed by atoms with Gasteiger partial charge in [0.1, 0.15) is 12.4 Å². The number of hydrazone groups is 1. The highest BCUT2D eigenvalue weighted by molar-refractivity contribution is 5.83. The van der Waals surface area contributed by atoms with Gasteiger partial charge in [-0.25, -0.2) is 14.8 Å². The number of nitrogens with zero attached hydrogens (tertiary/aromatic N) is 3. The molecular weight excluding hydrogens is 283 g/mol. The number of halogens is 1. The minimum absolute atomic E-state index is 0.126. The fourth-order valence-electron chi connectivity index (χ4n) is 2.05. The van der Waals surface area contributed by atoms with Crippen LogP contribution < -0.4 is 5.43 Å². The lowest BCUT2D eigenvalue weighted by Crippen LogP contribution is -2.22. The summed E-state index contributed by atoms with van der Waals surface area (Å²) in [7, 11) is 0. The van der Waals surface area contributed by atoms with E-state index in [0.29, 0.717) is 5.56 Å². The fraction of sp³-hybridized carbons (Fsp3) is 0.0625. The van der Waals surface area contributed by atoms with Crippen molar-refractivity contribution >= 4 is 23.2 Å². The summed E-state index contributed by atoms with van der Waals surface area (Å²) in [5.74, 6) is -0.574. The van der Waals surface area contributed by atoms with E-state index in [1.165, 1.54) is 18.3 Å². The van der Waals surface area contributed by atoms with Gasteiger partial charge in [0.25, 0.3) is 5.91 Å². The highest BCUT2D eigenvalue weighted by Crippen LogP contribution is 2.11. The zero-order chi connectivity index (χ0) is 15.4. The molecule has 0 fully saturated rings. The van der Waals surface area contributed by atoms with Gasteiger partial charge in [-0.3, -0.25) is 4.79 Å². The lowest BCUT2D eigenvalue weighted by Gasteiger charge is -2.02. The molecule has 0 saturated carbocycles. The molecule has 5 nitrogen and oxygen atoms in total. The van der Waals surface area contributed by atoms with Gasteiger partial charge in [0.2, 0.25) is 0 Å². The molecule has 6 heteroatoms. The van der Waals surface area contributed by atoms with E-state index in [0.717, 1.165) is 11.0 Å². The first kappa shape index (κ1) is 13.9. The zero-order valence-electron chi connectivity index (χ0n) is 11.6. The number of amides is 1. The van der Waals surface area contributed by atoms with E-state index in [4.69, 9.17) is 0 Å². The zero-order valence-corrected chi connectivity index (χ0v) is 11.6. The monoisotopic (exact) mass is 296 g/mol. The van der Waals surface area contributed by atoms with Crippen LogP contribution in [0.5, 0.6) is 0 Å². The molecule has 1 aromatic heterocycles. The molecule has 1 heterocycles. The second-order valence-corrected chi connectivity index (χ2v) is 4.71. The SMILES string of the molecule is O=C(Cn1cnc2ccccc21)N/N=C/c1ccc(F)cc1. The first-order chi connectivity index (χ1) is 10.7. The van der Waals surface area contributed by atoms with Crippen molar-refractivity contribution in [3.63, 3.8) is 0 Å². The molecule has 1 N–H and O–H groups in total. The summed E-state index contributed by atoms with van der Waals surface area (Å²) >= 11 is 0. The number of carbonyl (C=O) groups is 1. The van der Waals surface area contributed by atoms with Crippen molar-refractivity contribution in [3.8, 4) is 0 Å².